The van der Waals surface area contributed by atoms with Gasteiger partial charge in [-0.3, -0.25) is 19.2 Å². The Labute approximate surface area is 178 Å². The summed E-state index contributed by atoms with van der Waals surface area (Å²) in [6.07, 6.45) is 2.12. The van der Waals surface area contributed by atoms with Gasteiger partial charge < -0.3 is 32.5 Å². The van der Waals surface area contributed by atoms with Crippen LogP contribution in [-0.2, 0) is 19.2 Å². The van der Waals surface area contributed by atoms with Crippen molar-refractivity contribution in [3.05, 3.63) is 0 Å². The van der Waals surface area contributed by atoms with E-state index in [-0.39, 0.29) is 11.8 Å². The van der Waals surface area contributed by atoms with E-state index in [1.807, 2.05) is 13.8 Å². The average molecular weight is 430 g/mol. The number of nitrogens with two attached hydrogens (primary N) is 2. The Hall–Kier alpha value is -2.20. The number of nitrogens with one attached hydrogen (secondary N) is 3. The molecule has 0 saturated heterocycles. The lowest BCUT2D eigenvalue weighted by Crippen LogP contribution is -2.58. The Morgan fingerprint density at radius 2 is 1.47 bits per heavy atom. The fourth-order valence-electron chi connectivity index (χ4n) is 2.81. The molecule has 0 rings (SSSR count). The zero-order valence-electron chi connectivity index (χ0n) is 18.7. The van der Waals surface area contributed by atoms with Gasteiger partial charge in [-0.2, -0.15) is 0 Å². The van der Waals surface area contributed by atoms with E-state index in [9.17, 15) is 19.2 Å². The second kappa shape index (κ2) is 13.9. The normalized spacial score (nSPS) is 15.2. The van der Waals surface area contributed by atoms with Gasteiger partial charge in [0.05, 0.1) is 6.04 Å². The molecule has 0 spiro atoms. The van der Waals surface area contributed by atoms with Crippen molar-refractivity contribution in [3.8, 4) is 0 Å². The van der Waals surface area contributed by atoms with Crippen LogP contribution < -0.4 is 27.4 Å². The molecular formula is C20H39N5O5. The molecule has 0 radical (unpaired) electrons. The molecule has 0 aliphatic rings. The lowest BCUT2D eigenvalue weighted by molar-refractivity contribution is -0.142. The first-order chi connectivity index (χ1) is 13.9. The van der Waals surface area contributed by atoms with Gasteiger partial charge in [0.25, 0.3) is 0 Å². The lowest BCUT2D eigenvalue weighted by Gasteiger charge is -2.26. The predicted octanol–water partition coefficient (Wildman–Crippen LogP) is -0.296. The summed E-state index contributed by atoms with van der Waals surface area (Å²) in [6, 6.07) is -3.65. The molecule has 30 heavy (non-hydrogen) atoms. The molecule has 174 valence electrons. The first-order valence-corrected chi connectivity index (χ1v) is 10.5. The maximum Gasteiger partial charge on any atom is 0.325 e. The summed E-state index contributed by atoms with van der Waals surface area (Å²) in [5.74, 6) is -2.80. The van der Waals surface area contributed by atoms with Gasteiger partial charge in [-0.05, 0) is 51.0 Å². The Balaban J connectivity index is 5.26. The van der Waals surface area contributed by atoms with Crippen LogP contribution >= 0.6 is 0 Å². The molecule has 0 aromatic rings. The Morgan fingerprint density at radius 3 is 1.93 bits per heavy atom. The maximum absolute atomic E-state index is 12.9. The van der Waals surface area contributed by atoms with E-state index in [0.29, 0.717) is 32.2 Å². The summed E-state index contributed by atoms with van der Waals surface area (Å²) in [5, 5.41) is 16.7. The fraction of sp³-hybridized carbons (Fsp3) is 0.800. The second-order valence-electron chi connectivity index (χ2n) is 8.38. The van der Waals surface area contributed by atoms with Gasteiger partial charge in [0.1, 0.15) is 18.1 Å². The monoisotopic (exact) mass is 429 g/mol. The lowest BCUT2D eigenvalue weighted by atomic mass is 10.0. The van der Waals surface area contributed by atoms with Crippen LogP contribution in [0.2, 0.25) is 0 Å². The van der Waals surface area contributed by atoms with Crippen LogP contribution in [0.25, 0.3) is 0 Å². The topological polar surface area (TPSA) is 177 Å². The summed E-state index contributed by atoms with van der Waals surface area (Å²) in [7, 11) is 0. The van der Waals surface area contributed by atoms with Crippen molar-refractivity contribution >= 4 is 23.7 Å². The maximum atomic E-state index is 12.9. The number of amides is 3. The minimum Gasteiger partial charge on any atom is -0.480 e. The molecule has 0 aliphatic heterocycles. The third-order valence-corrected chi connectivity index (χ3v) is 4.62. The van der Waals surface area contributed by atoms with E-state index in [1.54, 1.807) is 13.8 Å². The number of hydrogen-bond acceptors (Lipinski definition) is 6. The van der Waals surface area contributed by atoms with Gasteiger partial charge >= 0.3 is 5.97 Å². The molecule has 3 amide bonds. The summed E-state index contributed by atoms with van der Waals surface area (Å²) in [6.45, 7) is 9.16. The molecular weight excluding hydrogens is 390 g/mol. The number of carbonyl (C=O) groups is 4. The van der Waals surface area contributed by atoms with E-state index in [4.69, 9.17) is 16.6 Å². The summed E-state index contributed by atoms with van der Waals surface area (Å²) < 4.78 is 0. The highest BCUT2D eigenvalue weighted by Crippen LogP contribution is 2.08. The van der Waals surface area contributed by atoms with Crippen LogP contribution in [0.15, 0.2) is 0 Å². The number of rotatable bonds is 14. The number of aliphatic carboxylic acids is 1. The van der Waals surface area contributed by atoms with E-state index < -0.39 is 47.9 Å². The van der Waals surface area contributed by atoms with Crippen LogP contribution in [0.1, 0.15) is 60.3 Å². The van der Waals surface area contributed by atoms with Crippen molar-refractivity contribution in [2.24, 2.45) is 23.3 Å². The average Bonchev–Trinajstić information content (AvgIpc) is 2.63. The third-order valence-electron chi connectivity index (χ3n) is 4.62. The molecule has 0 fully saturated rings. The number of unbranched alkanes of at least 4 members (excludes halogenated alkanes) is 1. The van der Waals surface area contributed by atoms with Crippen LogP contribution in [0.3, 0.4) is 0 Å². The highest BCUT2D eigenvalue weighted by molar-refractivity contribution is 5.94. The van der Waals surface area contributed by atoms with Gasteiger partial charge in [-0.1, -0.05) is 27.7 Å². The zero-order valence-corrected chi connectivity index (χ0v) is 18.7. The van der Waals surface area contributed by atoms with Crippen molar-refractivity contribution in [1.82, 2.24) is 16.0 Å². The largest absolute Gasteiger partial charge is 0.480 e. The number of hydrogen-bond donors (Lipinski definition) is 6. The first-order valence-electron chi connectivity index (χ1n) is 10.5. The van der Waals surface area contributed by atoms with Crippen LogP contribution in [0.5, 0.6) is 0 Å². The number of carboxylic acids is 1. The van der Waals surface area contributed by atoms with Crippen LogP contribution in [0.4, 0.5) is 0 Å². The van der Waals surface area contributed by atoms with E-state index in [2.05, 4.69) is 16.0 Å². The second-order valence-corrected chi connectivity index (χ2v) is 8.38. The molecule has 0 aromatic carbocycles. The van der Waals surface area contributed by atoms with Crippen molar-refractivity contribution in [2.45, 2.75) is 84.5 Å². The van der Waals surface area contributed by atoms with Gasteiger partial charge in [-0.15, -0.1) is 0 Å². The standard InChI is InChI=1S/C20H39N5O5/c1-11(2)10-14(22)17(26)24-15(8-6-7-9-21)18(27)25-16(12(3)4)19(28)23-13(5)20(29)30/h11-16H,6-10,21-22H2,1-5H3,(H,23,28)(H,24,26)(H,25,27)(H,29,30). The summed E-state index contributed by atoms with van der Waals surface area (Å²) >= 11 is 0. The minimum atomic E-state index is -1.18. The summed E-state index contributed by atoms with van der Waals surface area (Å²) in [5.41, 5.74) is 11.4. The SMILES string of the molecule is CC(C)CC(N)C(=O)NC(CCCCN)C(=O)NC(C(=O)NC(C)C(=O)O)C(C)C. The number of carbonyl (C=O) groups excluding carboxylic acids is 3. The molecule has 0 aliphatic carbocycles. The van der Waals surface area contributed by atoms with E-state index in [0.717, 1.165) is 0 Å². The molecule has 10 heteroatoms. The van der Waals surface area contributed by atoms with Crippen molar-refractivity contribution in [2.75, 3.05) is 6.54 Å². The smallest absolute Gasteiger partial charge is 0.325 e. The van der Waals surface area contributed by atoms with E-state index in [1.165, 1.54) is 6.92 Å². The first kappa shape index (κ1) is 27.8. The zero-order chi connectivity index (χ0) is 23.4. The quantitative estimate of drug-likeness (QED) is 0.205. The Bertz CT molecular complexity index is 582. The highest BCUT2D eigenvalue weighted by Gasteiger charge is 2.30. The molecule has 4 unspecified atom stereocenters. The molecule has 0 aromatic heterocycles. The van der Waals surface area contributed by atoms with Gasteiger partial charge in [0, 0.05) is 0 Å². The van der Waals surface area contributed by atoms with Gasteiger partial charge in [-0.25, -0.2) is 0 Å². The minimum absolute atomic E-state index is 0.223. The molecule has 0 saturated carbocycles. The van der Waals surface area contributed by atoms with E-state index >= 15 is 0 Å². The molecule has 4 atom stereocenters. The molecule has 8 N–H and O–H groups in total. The van der Waals surface area contributed by atoms with Crippen LogP contribution in [-0.4, -0.2) is 59.5 Å². The van der Waals surface area contributed by atoms with Crippen LogP contribution in [0, 0.1) is 11.8 Å². The third kappa shape index (κ3) is 10.5. The van der Waals surface area contributed by atoms with Crippen molar-refractivity contribution < 1.29 is 24.3 Å². The molecule has 0 bridgehead atoms. The van der Waals surface area contributed by atoms with Gasteiger partial charge in [0.15, 0.2) is 0 Å². The fourth-order valence-corrected chi connectivity index (χ4v) is 2.81. The molecule has 0 heterocycles. The Morgan fingerprint density at radius 1 is 0.867 bits per heavy atom. The molecule has 10 nitrogen and oxygen atoms in total. The summed E-state index contributed by atoms with van der Waals surface area (Å²) in [4.78, 5) is 48.7. The van der Waals surface area contributed by atoms with Gasteiger partial charge in [0.2, 0.25) is 17.7 Å². The van der Waals surface area contributed by atoms with Crippen molar-refractivity contribution in [3.63, 3.8) is 0 Å². The Kier molecular flexibility index (Phi) is 12.9. The van der Waals surface area contributed by atoms with Crippen molar-refractivity contribution in [1.29, 1.82) is 0 Å². The highest BCUT2D eigenvalue weighted by atomic mass is 16.4. The number of carboxylic acid groups (broad SMARTS) is 1. The predicted molar refractivity (Wildman–Crippen MR) is 114 cm³/mol.